The van der Waals surface area contributed by atoms with Crippen LogP contribution in [0.4, 0.5) is 0 Å². The highest BCUT2D eigenvalue weighted by molar-refractivity contribution is 5.30. The molecule has 2 atom stereocenters. The van der Waals surface area contributed by atoms with E-state index in [0.717, 1.165) is 18.4 Å². The van der Waals surface area contributed by atoms with E-state index in [0.29, 0.717) is 5.75 Å². The Morgan fingerprint density at radius 1 is 1.36 bits per heavy atom. The van der Waals surface area contributed by atoms with Crippen LogP contribution >= 0.6 is 0 Å². The SMILES string of the molecule is OCC1CCC(c2cccc(O)c2)N1. The van der Waals surface area contributed by atoms with E-state index in [1.807, 2.05) is 12.1 Å². The van der Waals surface area contributed by atoms with Gasteiger partial charge in [0.05, 0.1) is 6.61 Å². The van der Waals surface area contributed by atoms with E-state index in [2.05, 4.69) is 5.32 Å². The summed E-state index contributed by atoms with van der Waals surface area (Å²) in [7, 11) is 0. The smallest absolute Gasteiger partial charge is 0.115 e. The minimum atomic E-state index is 0.190. The van der Waals surface area contributed by atoms with Gasteiger partial charge in [0, 0.05) is 12.1 Å². The van der Waals surface area contributed by atoms with Crippen molar-refractivity contribution in [1.29, 1.82) is 0 Å². The third-order valence-electron chi connectivity index (χ3n) is 2.73. The highest BCUT2D eigenvalue weighted by atomic mass is 16.3. The van der Waals surface area contributed by atoms with Crippen LogP contribution in [0.1, 0.15) is 24.4 Å². The molecule has 0 aromatic heterocycles. The Hall–Kier alpha value is -1.06. The Kier molecular flexibility index (Phi) is 2.70. The highest BCUT2D eigenvalue weighted by Gasteiger charge is 2.23. The van der Waals surface area contributed by atoms with Gasteiger partial charge in [-0.15, -0.1) is 0 Å². The molecule has 0 spiro atoms. The zero-order valence-electron chi connectivity index (χ0n) is 7.98. The van der Waals surface area contributed by atoms with E-state index < -0.39 is 0 Å². The average Bonchev–Trinajstić information content (AvgIpc) is 2.66. The minimum Gasteiger partial charge on any atom is -0.508 e. The van der Waals surface area contributed by atoms with Gasteiger partial charge in [0.2, 0.25) is 0 Å². The molecule has 14 heavy (non-hydrogen) atoms. The fraction of sp³-hybridized carbons (Fsp3) is 0.455. The van der Waals surface area contributed by atoms with Gasteiger partial charge < -0.3 is 15.5 Å². The Balaban J connectivity index is 2.09. The number of hydrogen-bond donors (Lipinski definition) is 3. The Bertz CT molecular complexity index is 314. The van der Waals surface area contributed by atoms with Crippen LogP contribution in [0.3, 0.4) is 0 Å². The third-order valence-corrected chi connectivity index (χ3v) is 2.73. The maximum Gasteiger partial charge on any atom is 0.115 e. The number of nitrogens with one attached hydrogen (secondary N) is 1. The van der Waals surface area contributed by atoms with Crippen LogP contribution in [0.5, 0.6) is 5.75 Å². The average molecular weight is 193 g/mol. The monoisotopic (exact) mass is 193 g/mol. The van der Waals surface area contributed by atoms with Gasteiger partial charge in [-0.1, -0.05) is 12.1 Å². The topological polar surface area (TPSA) is 52.5 Å². The van der Waals surface area contributed by atoms with Crippen LogP contribution in [-0.4, -0.2) is 22.9 Å². The van der Waals surface area contributed by atoms with Crippen LogP contribution in [0, 0.1) is 0 Å². The minimum absolute atomic E-state index is 0.190. The van der Waals surface area contributed by atoms with Gasteiger partial charge in [-0.05, 0) is 30.5 Å². The van der Waals surface area contributed by atoms with Crippen molar-refractivity contribution in [1.82, 2.24) is 5.32 Å². The molecular formula is C11H15NO2. The summed E-state index contributed by atoms with van der Waals surface area (Å²) in [6, 6.07) is 7.77. The number of aliphatic hydroxyl groups is 1. The molecule has 1 heterocycles. The number of phenolic OH excluding ortho intramolecular Hbond substituents is 1. The van der Waals surface area contributed by atoms with E-state index in [1.165, 1.54) is 0 Å². The van der Waals surface area contributed by atoms with Crippen LogP contribution in [0.15, 0.2) is 24.3 Å². The van der Waals surface area contributed by atoms with Gasteiger partial charge in [0.15, 0.2) is 0 Å². The summed E-state index contributed by atoms with van der Waals surface area (Å²) < 4.78 is 0. The molecule has 0 amide bonds. The summed E-state index contributed by atoms with van der Waals surface area (Å²) in [6.07, 6.45) is 2.02. The third kappa shape index (κ3) is 1.89. The van der Waals surface area contributed by atoms with Gasteiger partial charge in [-0.3, -0.25) is 0 Å². The molecule has 0 radical (unpaired) electrons. The number of aliphatic hydroxyl groups excluding tert-OH is 1. The molecular weight excluding hydrogens is 178 g/mol. The summed E-state index contributed by atoms with van der Waals surface area (Å²) in [6.45, 7) is 0.190. The lowest BCUT2D eigenvalue weighted by molar-refractivity contribution is 0.251. The van der Waals surface area contributed by atoms with Crippen LogP contribution < -0.4 is 5.32 Å². The predicted octanol–water partition coefficient (Wildman–Crippen LogP) is 1.18. The zero-order chi connectivity index (χ0) is 9.97. The molecule has 3 heteroatoms. The fourth-order valence-corrected chi connectivity index (χ4v) is 1.97. The van der Waals surface area contributed by atoms with Crippen molar-refractivity contribution in [2.45, 2.75) is 24.9 Å². The molecule has 1 aromatic rings. The quantitative estimate of drug-likeness (QED) is 0.661. The van der Waals surface area contributed by atoms with E-state index in [1.54, 1.807) is 12.1 Å². The molecule has 76 valence electrons. The predicted molar refractivity (Wildman–Crippen MR) is 54.1 cm³/mol. The van der Waals surface area contributed by atoms with Crippen molar-refractivity contribution in [2.75, 3.05) is 6.61 Å². The summed E-state index contributed by atoms with van der Waals surface area (Å²) in [4.78, 5) is 0. The van der Waals surface area contributed by atoms with E-state index >= 15 is 0 Å². The molecule has 0 saturated carbocycles. The van der Waals surface area contributed by atoms with Crippen LogP contribution in [0.2, 0.25) is 0 Å². The normalized spacial score (nSPS) is 26.6. The summed E-state index contributed by atoms with van der Waals surface area (Å²) >= 11 is 0. The van der Waals surface area contributed by atoms with E-state index in [-0.39, 0.29) is 18.7 Å². The molecule has 2 rings (SSSR count). The molecule has 1 aliphatic rings. The second kappa shape index (κ2) is 3.98. The van der Waals surface area contributed by atoms with Gasteiger partial charge in [-0.25, -0.2) is 0 Å². The van der Waals surface area contributed by atoms with Crippen molar-refractivity contribution in [3.8, 4) is 5.75 Å². The fourth-order valence-electron chi connectivity index (χ4n) is 1.97. The second-order valence-corrected chi connectivity index (χ2v) is 3.77. The van der Waals surface area contributed by atoms with Crippen molar-refractivity contribution in [3.63, 3.8) is 0 Å². The number of aromatic hydroxyl groups is 1. The molecule has 1 aromatic carbocycles. The van der Waals surface area contributed by atoms with E-state index in [9.17, 15) is 5.11 Å². The molecule has 0 bridgehead atoms. The Morgan fingerprint density at radius 3 is 2.86 bits per heavy atom. The lowest BCUT2D eigenvalue weighted by Gasteiger charge is -2.13. The van der Waals surface area contributed by atoms with Crippen molar-refractivity contribution in [3.05, 3.63) is 29.8 Å². The Morgan fingerprint density at radius 2 is 2.21 bits per heavy atom. The van der Waals surface area contributed by atoms with E-state index in [4.69, 9.17) is 5.11 Å². The first-order valence-corrected chi connectivity index (χ1v) is 4.95. The molecule has 2 unspecified atom stereocenters. The highest BCUT2D eigenvalue weighted by Crippen LogP contribution is 2.27. The summed E-state index contributed by atoms with van der Waals surface area (Å²) in [5.41, 5.74) is 1.10. The van der Waals surface area contributed by atoms with Crippen molar-refractivity contribution < 1.29 is 10.2 Å². The second-order valence-electron chi connectivity index (χ2n) is 3.77. The van der Waals surface area contributed by atoms with Gasteiger partial charge in [0.25, 0.3) is 0 Å². The molecule has 1 aliphatic heterocycles. The summed E-state index contributed by atoms with van der Waals surface area (Å²) in [5, 5.41) is 21.6. The zero-order valence-corrected chi connectivity index (χ0v) is 7.98. The maximum atomic E-state index is 9.32. The van der Waals surface area contributed by atoms with Gasteiger partial charge in [0.1, 0.15) is 5.75 Å². The summed E-state index contributed by atoms with van der Waals surface area (Å²) in [5.74, 6) is 0.303. The van der Waals surface area contributed by atoms with Crippen molar-refractivity contribution in [2.24, 2.45) is 0 Å². The molecule has 1 fully saturated rings. The molecule has 3 N–H and O–H groups in total. The van der Waals surface area contributed by atoms with Gasteiger partial charge >= 0.3 is 0 Å². The number of hydrogen-bond acceptors (Lipinski definition) is 3. The molecule has 3 nitrogen and oxygen atoms in total. The standard InChI is InChI=1S/C11H15NO2/c13-7-9-4-5-11(12-9)8-2-1-3-10(14)6-8/h1-3,6,9,11-14H,4-5,7H2. The number of rotatable bonds is 2. The Labute approximate surface area is 83.4 Å². The van der Waals surface area contributed by atoms with Gasteiger partial charge in [-0.2, -0.15) is 0 Å². The van der Waals surface area contributed by atoms with Crippen LogP contribution in [0.25, 0.3) is 0 Å². The van der Waals surface area contributed by atoms with Crippen LogP contribution in [-0.2, 0) is 0 Å². The largest absolute Gasteiger partial charge is 0.508 e. The first kappa shape index (κ1) is 9.49. The lowest BCUT2D eigenvalue weighted by Crippen LogP contribution is -2.27. The molecule has 0 aliphatic carbocycles. The van der Waals surface area contributed by atoms with Crippen molar-refractivity contribution >= 4 is 0 Å². The molecule has 1 saturated heterocycles. The number of phenols is 1. The number of benzene rings is 1. The first-order chi connectivity index (χ1) is 6.79. The maximum absolute atomic E-state index is 9.32. The first-order valence-electron chi connectivity index (χ1n) is 4.95. The lowest BCUT2D eigenvalue weighted by atomic mass is 10.1.